The molecule has 0 spiro atoms. The van der Waals surface area contributed by atoms with Crippen molar-refractivity contribution in [1.82, 2.24) is 0 Å². The Labute approximate surface area is 200 Å². The average Bonchev–Trinajstić information content (AvgIpc) is 2.85. The zero-order chi connectivity index (χ0) is 23.6. The highest BCUT2D eigenvalue weighted by molar-refractivity contribution is 6.06. The number of unbranched alkanes of at least 4 members (excludes halogenated alkanes) is 9. The van der Waals surface area contributed by atoms with Gasteiger partial charge in [0.15, 0.2) is 5.78 Å². The van der Waals surface area contributed by atoms with Crippen LogP contribution in [0.15, 0.2) is 54.6 Å². The van der Waals surface area contributed by atoms with E-state index < -0.39 is 0 Å². The lowest BCUT2D eigenvalue weighted by Gasteiger charge is -2.07. The third-order valence-electron chi connectivity index (χ3n) is 5.94. The van der Waals surface area contributed by atoms with Gasteiger partial charge in [0.2, 0.25) is 0 Å². The van der Waals surface area contributed by atoms with Crippen molar-refractivity contribution in [3.8, 4) is 5.75 Å². The molecule has 0 fully saturated rings. The monoisotopic (exact) mass is 450 g/mol. The van der Waals surface area contributed by atoms with Gasteiger partial charge in [0, 0.05) is 12.2 Å². The normalized spacial score (nSPS) is 11.2. The van der Waals surface area contributed by atoms with Gasteiger partial charge in [-0.05, 0) is 67.2 Å². The molecule has 0 aliphatic rings. The summed E-state index contributed by atoms with van der Waals surface area (Å²) in [6.07, 6.45) is 17.7. The van der Waals surface area contributed by atoms with Gasteiger partial charge in [-0.15, -0.1) is 0 Å². The highest BCUT2D eigenvalue weighted by atomic mass is 16.5. The predicted octanol–water partition coefficient (Wildman–Crippen LogP) is 7.81. The number of hydrogen-bond donors (Lipinski definition) is 1. The Morgan fingerprint density at radius 3 is 2.00 bits per heavy atom. The number of ketones is 1. The van der Waals surface area contributed by atoms with Crippen LogP contribution >= 0.6 is 0 Å². The zero-order valence-corrected chi connectivity index (χ0v) is 20.4. The summed E-state index contributed by atoms with van der Waals surface area (Å²) in [5.74, 6) is 0.829. The number of carbonyl (C=O) groups is 1. The molecular formula is C30H42O3. The quantitative estimate of drug-likeness (QED) is 0.143. The topological polar surface area (TPSA) is 46.5 Å². The summed E-state index contributed by atoms with van der Waals surface area (Å²) in [4.78, 5) is 12.5. The highest BCUT2D eigenvalue weighted by Gasteiger charge is 2.03. The fraction of sp³-hybridized carbons (Fsp3) is 0.500. The van der Waals surface area contributed by atoms with Crippen LogP contribution < -0.4 is 4.74 Å². The molecular weight excluding hydrogens is 408 g/mol. The van der Waals surface area contributed by atoms with Crippen LogP contribution in [0.4, 0.5) is 0 Å². The van der Waals surface area contributed by atoms with Crippen molar-refractivity contribution < 1.29 is 14.6 Å². The molecule has 0 saturated heterocycles. The number of allylic oxidation sites excluding steroid dienone is 1. The van der Waals surface area contributed by atoms with E-state index in [1.807, 2.05) is 30.3 Å². The number of aliphatic hydroxyl groups is 1. The van der Waals surface area contributed by atoms with Gasteiger partial charge in [0.1, 0.15) is 5.75 Å². The number of carbonyl (C=O) groups excluding carboxylic acids is 1. The third-order valence-corrected chi connectivity index (χ3v) is 5.94. The average molecular weight is 451 g/mol. The van der Waals surface area contributed by atoms with E-state index in [1.165, 1.54) is 56.9 Å². The summed E-state index contributed by atoms with van der Waals surface area (Å²) in [7, 11) is 0. The van der Waals surface area contributed by atoms with Crippen LogP contribution in [-0.2, 0) is 6.42 Å². The van der Waals surface area contributed by atoms with E-state index in [-0.39, 0.29) is 5.78 Å². The zero-order valence-electron chi connectivity index (χ0n) is 20.4. The Morgan fingerprint density at radius 2 is 1.39 bits per heavy atom. The number of hydrogen-bond acceptors (Lipinski definition) is 3. The predicted molar refractivity (Wildman–Crippen MR) is 139 cm³/mol. The minimum atomic E-state index is 0.00738. The summed E-state index contributed by atoms with van der Waals surface area (Å²) >= 11 is 0. The first-order chi connectivity index (χ1) is 16.2. The first-order valence-corrected chi connectivity index (χ1v) is 12.9. The van der Waals surface area contributed by atoms with Crippen LogP contribution in [0.3, 0.4) is 0 Å². The number of ether oxygens (including phenoxy) is 1. The molecule has 33 heavy (non-hydrogen) atoms. The Morgan fingerprint density at radius 1 is 0.788 bits per heavy atom. The van der Waals surface area contributed by atoms with Crippen LogP contribution in [0.5, 0.6) is 5.75 Å². The first kappa shape index (κ1) is 26.9. The summed E-state index contributed by atoms with van der Waals surface area (Å²) in [6, 6.07) is 15.9. The second-order valence-corrected chi connectivity index (χ2v) is 8.82. The largest absolute Gasteiger partial charge is 0.494 e. The van der Waals surface area contributed by atoms with Crippen LogP contribution in [0.1, 0.15) is 99.0 Å². The summed E-state index contributed by atoms with van der Waals surface area (Å²) in [5, 5.41) is 8.77. The molecule has 0 saturated carbocycles. The molecule has 2 aromatic rings. The lowest BCUT2D eigenvalue weighted by Crippen LogP contribution is -1.99. The molecule has 0 aromatic heterocycles. The van der Waals surface area contributed by atoms with Crippen LogP contribution in [0, 0.1) is 0 Å². The number of benzene rings is 2. The molecule has 1 N–H and O–H groups in total. The molecule has 2 aromatic carbocycles. The Bertz CT molecular complexity index is 790. The van der Waals surface area contributed by atoms with Gasteiger partial charge in [0.05, 0.1) is 6.61 Å². The van der Waals surface area contributed by atoms with Crippen molar-refractivity contribution in [3.05, 3.63) is 71.3 Å². The Balaban J connectivity index is 1.62. The number of aryl methyl sites for hydroxylation is 1. The van der Waals surface area contributed by atoms with Crippen LogP contribution in [-0.4, -0.2) is 24.1 Å². The van der Waals surface area contributed by atoms with Gasteiger partial charge in [-0.1, -0.05) is 88.6 Å². The standard InChI is InChI=1S/C30H42O3/c1-2-3-13-26-14-16-27(17-15-26)18-23-30(32)28-19-21-29(22-20-28)33-25-12-10-8-6-4-5-7-9-11-24-31/h14-23,31H,2-13,24-25H2,1H3. The molecule has 3 nitrogen and oxygen atoms in total. The van der Waals surface area contributed by atoms with Crippen LogP contribution in [0.2, 0.25) is 0 Å². The van der Waals surface area contributed by atoms with E-state index in [2.05, 4.69) is 31.2 Å². The lowest BCUT2D eigenvalue weighted by molar-refractivity contribution is 0.104. The van der Waals surface area contributed by atoms with Gasteiger partial charge in [-0.3, -0.25) is 4.79 Å². The van der Waals surface area contributed by atoms with E-state index in [0.29, 0.717) is 12.2 Å². The molecule has 0 radical (unpaired) electrons. The maximum atomic E-state index is 12.5. The number of aliphatic hydroxyl groups excluding tert-OH is 1. The Hall–Kier alpha value is -2.39. The third kappa shape index (κ3) is 11.9. The van der Waals surface area contributed by atoms with E-state index in [0.717, 1.165) is 43.6 Å². The summed E-state index contributed by atoms with van der Waals surface area (Å²) < 4.78 is 5.83. The highest BCUT2D eigenvalue weighted by Crippen LogP contribution is 2.15. The van der Waals surface area contributed by atoms with Crippen molar-refractivity contribution in [2.24, 2.45) is 0 Å². The molecule has 0 unspecified atom stereocenters. The first-order valence-electron chi connectivity index (χ1n) is 12.9. The van der Waals surface area contributed by atoms with E-state index in [1.54, 1.807) is 6.08 Å². The SMILES string of the molecule is CCCCc1ccc(C=CC(=O)c2ccc(OCCCCCCCCCCCO)cc2)cc1. The van der Waals surface area contributed by atoms with E-state index >= 15 is 0 Å². The van der Waals surface area contributed by atoms with Gasteiger partial charge in [-0.25, -0.2) is 0 Å². The molecule has 2 rings (SSSR count). The van der Waals surface area contributed by atoms with Gasteiger partial charge >= 0.3 is 0 Å². The van der Waals surface area contributed by atoms with Crippen LogP contribution in [0.25, 0.3) is 6.08 Å². The Kier molecular flexibility index (Phi) is 13.9. The van der Waals surface area contributed by atoms with E-state index in [4.69, 9.17) is 9.84 Å². The van der Waals surface area contributed by atoms with Gasteiger partial charge < -0.3 is 9.84 Å². The maximum absolute atomic E-state index is 12.5. The van der Waals surface area contributed by atoms with Crippen molar-refractivity contribution >= 4 is 11.9 Å². The molecule has 0 aliphatic heterocycles. The minimum Gasteiger partial charge on any atom is -0.494 e. The maximum Gasteiger partial charge on any atom is 0.185 e. The van der Waals surface area contributed by atoms with Gasteiger partial charge in [-0.2, -0.15) is 0 Å². The summed E-state index contributed by atoms with van der Waals surface area (Å²) in [5.41, 5.74) is 3.07. The van der Waals surface area contributed by atoms with E-state index in [9.17, 15) is 4.79 Å². The molecule has 0 amide bonds. The molecule has 0 atom stereocenters. The number of rotatable bonds is 18. The second-order valence-electron chi connectivity index (χ2n) is 8.82. The van der Waals surface area contributed by atoms with Gasteiger partial charge in [0.25, 0.3) is 0 Å². The van der Waals surface area contributed by atoms with Crippen molar-refractivity contribution in [2.45, 2.75) is 84.0 Å². The molecule has 0 aliphatic carbocycles. The summed E-state index contributed by atoms with van der Waals surface area (Å²) in [6.45, 7) is 3.25. The molecule has 180 valence electrons. The van der Waals surface area contributed by atoms with Crippen molar-refractivity contribution in [1.29, 1.82) is 0 Å². The lowest BCUT2D eigenvalue weighted by atomic mass is 10.1. The fourth-order valence-electron chi connectivity index (χ4n) is 3.80. The molecule has 0 bridgehead atoms. The van der Waals surface area contributed by atoms with Crippen molar-refractivity contribution in [2.75, 3.05) is 13.2 Å². The second kappa shape index (κ2) is 17.1. The molecule has 3 heteroatoms. The molecule has 0 heterocycles. The smallest absolute Gasteiger partial charge is 0.185 e. The van der Waals surface area contributed by atoms with Crippen molar-refractivity contribution in [3.63, 3.8) is 0 Å². The minimum absolute atomic E-state index is 0.00738. The fourth-order valence-corrected chi connectivity index (χ4v) is 3.80.